The van der Waals surface area contributed by atoms with Crippen LogP contribution in [0.5, 0.6) is 0 Å². The lowest BCUT2D eigenvalue weighted by molar-refractivity contribution is 1.34. The molecule has 0 aliphatic heterocycles. The number of nitriles is 1. The first-order chi connectivity index (χ1) is 3.43. The van der Waals surface area contributed by atoms with Crippen molar-refractivity contribution >= 4 is 11.3 Å². The number of thiazole rings is 1. The van der Waals surface area contributed by atoms with Crippen LogP contribution in [0, 0.1) is 11.3 Å². The summed E-state index contributed by atoms with van der Waals surface area (Å²) in [7, 11) is 0. The van der Waals surface area contributed by atoms with Gasteiger partial charge in [-0.1, -0.05) is 0 Å². The maximum Gasteiger partial charge on any atom is 0.151 e. The van der Waals surface area contributed by atoms with Crippen LogP contribution in [0.15, 0.2) is 10.9 Å². The highest BCUT2D eigenvalue weighted by molar-refractivity contribution is 7.07. The Kier molecular flexibility index (Phi) is 1.05. The molecule has 0 N–H and O–H groups in total. The van der Waals surface area contributed by atoms with Crippen molar-refractivity contribution in [2.24, 2.45) is 0 Å². The molecule has 0 bridgehead atoms. The van der Waals surface area contributed by atoms with Crippen molar-refractivity contribution in [1.82, 2.24) is 4.98 Å². The SMILES string of the molecule is N#Cc1cscn1. The molecule has 0 unspecified atom stereocenters. The monoisotopic (exact) mass is 110 g/mol. The van der Waals surface area contributed by atoms with E-state index in [-0.39, 0.29) is 0 Å². The van der Waals surface area contributed by atoms with Crippen LogP contribution in [0.3, 0.4) is 0 Å². The topological polar surface area (TPSA) is 36.7 Å². The fourth-order valence-corrected chi connectivity index (χ4v) is 0.745. The van der Waals surface area contributed by atoms with E-state index in [2.05, 4.69) is 4.98 Å². The normalized spacial score (nSPS) is 7.86. The molecule has 7 heavy (non-hydrogen) atoms. The number of hydrogen-bond donors (Lipinski definition) is 0. The molecule has 2 nitrogen and oxygen atoms in total. The van der Waals surface area contributed by atoms with Gasteiger partial charge in [-0.15, -0.1) is 11.3 Å². The molecular formula is C4H2N2S. The maximum absolute atomic E-state index is 8.12. The highest BCUT2D eigenvalue weighted by Gasteiger charge is 1.84. The van der Waals surface area contributed by atoms with Crippen LogP contribution in [0.4, 0.5) is 0 Å². The molecule has 0 saturated heterocycles. The Bertz CT molecular complexity index is 172. The van der Waals surface area contributed by atoms with Crippen molar-refractivity contribution in [3.63, 3.8) is 0 Å². The summed E-state index contributed by atoms with van der Waals surface area (Å²) in [6.45, 7) is 0. The summed E-state index contributed by atoms with van der Waals surface area (Å²) in [4.78, 5) is 3.69. The molecule has 1 rings (SSSR count). The molecule has 0 saturated carbocycles. The molecule has 0 aromatic carbocycles. The number of rotatable bonds is 0. The Morgan fingerprint density at radius 2 is 2.71 bits per heavy atom. The second-order valence-electron chi connectivity index (χ2n) is 0.985. The zero-order chi connectivity index (χ0) is 5.11. The van der Waals surface area contributed by atoms with Crippen LogP contribution in [-0.2, 0) is 0 Å². The lowest BCUT2D eigenvalue weighted by Crippen LogP contribution is -1.64. The van der Waals surface area contributed by atoms with E-state index in [4.69, 9.17) is 5.26 Å². The number of aromatic nitrogens is 1. The van der Waals surface area contributed by atoms with Crippen LogP contribution in [0.1, 0.15) is 5.69 Å². The molecule has 1 aromatic rings. The van der Waals surface area contributed by atoms with Gasteiger partial charge in [0.1, 0.15) is 6.07 Å². The number of hydrogen-bond acceptors (Lipinski definition) is 3. The quantitative estimate of drug-likeness (QED) is 0.499. The lowest BCUT2D eigenvalue weighted by atomic mass is 10.6. The molecule has 0 atom stereocenters. The highest BCUT2D eigenvalue weighted by Crippen LogP contribution is 1.96. The molecular weight excluding hydrogens is 108 g/mol. The second-order valence-corrected chi connectivity index (χ2v) is 1.70. The summed E-state index contributed by atoms with van der Waals surface area (Å²) in [5, 5.41) is 9.83. The van der Waals surface area contributed by atoms with Gasteiger partial charge < -0.3 is 0 Å². The van der Waals surface area contributed by atoms with Gasteiger partial charge in [0.2, 0.25) is 0 Å². The molecule has 1 heterocycles. The van der Waals surface area contributed by atoms with E-state index in [1.165, 1.54) is 11.3 Å². The van der Waals surface area contributed by atoms with Gasteiger partial charge in [0, 0.05) is 5.38 Å². The van der Waals surface area contributed by atoms with Crippen LogP contribution >= 0.6 is 11.3 Å². The van der Waals surface area contributed by atoms with E-state index >= 15 is 0 Å². The van der Waals surface area contributed by atoms with Crippen LogP contribution in [-0.4, -0.2) is 4.98 Å². The zero-order valence-corrected chi connectivity index (χ0v) is 4.27. The van der Waals surface area contributed by atoms with Crippen LogP contribution in [0.25, 0.3) is 0 Å². The fourth-order valence-electron chi connectivity index (χ4n) is 0.268. The standard InChI is InChI=1S/C4H2N2S/c5-1-4-2-7-3-6-4/h2-3H. The first kappa shape index (κ1) is 4.28. The van der Waals surface area contributed by atoms with Gasteiger partial charge in [-0.3, -0.25) is 0 Å². The molecule has 3 heteroatoms. The predicted octanol–water partition coefficient (Wildman–Crippen LogP) is 1.01. The number of nitrogens with zero attached hydrogens (tertiary/aromatic N) is 2. The van der Waals surface area contributed by atoms with Gasteiger partial charge in [0.15, 0.2) is 5.69 Å². The summed E-state index contributed by atoms with van der Waals surface area (Å²) in [6.07, 6.45) is 0. The van der Waals surface area contributed by atoms with E-state index in [0.717, 1.165) is 0 Å². The van der Waals surface area contributed by atoms with E-state index in [0.29, 0.717) is 5.69 Å². The van der Waals surface area contributed by atoms with Gasteiger partial charge in [-0.2, -0.15) is 5.26 Å². The fraction of sp³-hybridized carbons (Fsp3) is 0. The second kappa shape index (κ2) is 1.71. The third-order valence-corrected chi connectivity index (χ3v) is 1.13. The third-order valence-electron chi connectivity index (χ3n) is 0.547. The average molecular weight is 110 g/mol. The first-order valence-corrected chi connectivity index (χ1v) is 2.66. The third kappa shape index (κ3) is 0.756. The molecule has 0 aliphatic carbocycles. The summed E-state index contributed by atoms with van der Waals surface area (Å²) in [6, 6.07) is 1.91. The Morgan fingerprint density at radius 1 is 1.86 bits per heavy atom. The van der Waals surface area contributed by atoms with Crippen molar-refractivity contribution < 1.29 is 0 Å². The minimum Gasteiger partial charge on any atom is -0.234 e. The van der Waals surface area contributed by atoms with Gasteiger partial charge in [-0.05, 0) is 0 Å². The smallest absolute Gasteiger partial charge is 0.151 e. The maximum atomic E-state index is 8.12. The molecule has 0 radical (unpaired) electrons. The van der Waals surface area contributed by atoms with Crippen molar-refractivity contribution in [2.45, 2.75) is 0 Å². The van der Waals surface area contributed by atoms with Crippen molar-refractivity contribution in [2.75, 3.05) is 0 Å². The highest BCUT2D eigenvalue weighted by atomic mass is 32.1. The lowest BCUT2D eigenvalue weighted by Gasteiger charge is -1.61. The summed E-state index contributed by atoms with van der Waals surface area (Å²) in [5.74, 6) is 0. The molecule has 1 aromatic heterocycles. The van der Waals surface area contributed by atoms with E-state index in [1.807, 2.05) is 6.07 Å². The van der Waals surface area contributed by atoms with Gasteiger partial charge in [0.05, 0.1) is 5.51 Å². The minimum absolute atomic E-state index is 0.505. The zero-order valence-electron chi connectivity index (χ0n) is 3.46. The van der Waals surface area contributed by atoms with Gasteiger partial charge in [-0.25, -0.2) is 4.98 Å². The molecule has 34 valence electrons. The Labute approximate surface area is 45.0 Å². The first-order valence-electron chi connectivity index (χ1n) is 1.72. The average Bonchev–Trinajstić information content (AvgIpc) is 2.14. The molecule has 0 fully saturated rings. The van der Waals surface area contributed by atoms with Crippen molar-refractivity contribution in [1.29, 1.82) is 5.26 Å². The van der Waals surface area contributed by atoms with Gasteiger partial charge >= 0.3 is 0 Å². The Hall–Kier alpha value is -0.880. The molecule has 0 aliphatic rings. The Balaban J connectivity index is 3.04. The van der Waals surface area contributed by atoms with E-state index in [9.17, 15) is 0 Å². The summed E-state index contributed by atoms with van der Waals surface area (Å²) in [5.41, 5.74) is 2.14. The Morgan fingerprint density at radius 3 is 3.00 bits per heavy atom. The van der Waals surface area contributed by atoms with E-state index < -0.39 is 0 Å². The van der Waals surface area contributed by atoms with Crippen molar-refractivity contribution in [3.8, 4) is 6.07 Å². The van der Waals surface area contributed by atoms with Gasteiger partial charge in [0.25, 0.3) is 0 Å². The van der Waals surface area contributed by atoms with E-state index in [1.54, 1.807) is 10.9 Å². The summed E-state index contributed by atoms with van der Waals surface area (Å²) < 4.78 is 0. The predicted molar refractivity (Wildman–Crippen MR) is 26.8 cm³/mol. The molecule has 0 spiro atoms. The van der Waals surface area contributed by atoms with Crippen molar-refractivity contribution in [3.05, 3.63) is 16.6 Å². The van der Waals surface area contributed by atoms with Crippen LogP contribution in [0.2, 0.25) is 0 Å². The minimum atomic E-state index is 0.505. The summed E-state index contributed by atoms with van der Waals surface area (Å²) >= 11 is 1.43. The largest absolute Gasteiger partial charge is 0.234 e. The molecule has 0 amide bonds. The van der Waals surface area contributed by atoms with Crippen LogP contribution < -0.4 is 0 Å².